The molecule has 0 aliphatic rings. The van der Waals surface area contributed by atoms with Crippen molar-refractivity contribution in [1.29, 1.82) is 0 Å². The fourth-order valence-electron chi connectivity index (χ4n) is 1.38. The van der Waals surface area contributed by atoms with Crippen LogP contribution in [0.5, 0.6) is 0 Å². The predicted octanol–water partition coefficient (Wildman–Crippen LogP) is 3.93. The summed E-state index contributed by atoms with van der Waals surface area (Å²) in [4.78, 5) is 11.0. The summed E-state index contributed by atoms with van der Waals surface area (Å²) in [5, 5.41) is 11.1. The van der Waals surface area contributed by atoms with E-state index >= 15 is 0 Å². The zero-order chi connectivity index (χ0) is 19.7. The second-order valence-corrected chi connectivity index (χ2v) is 7.13. The van der Waals surface area contributed by atoms with Crippen molar-refractivity contribution in [2.45, 2.75) is 68.2 Å². The van der Waals surface area contributed by atoms with Gasteiger partial charge in [0.25, 0.3) is 0 Å². The first-order valence-corrected chi connectivity index (χ1v) is 9.09. The van der Waals surface area contributed by atoms with Crippen LogP contribution in [0.15, 0.2) is 0 Å². The minimum Gasteiger partial charge on any atom is -0.396 e. The van der Waals surface area contributed by atoms with E-state index in [4.69, 9.17) is 5.11 Å². The van der Waals surface area contributed by atoms with Crippen LogP contribution in [0.25, 0.3) is 0 Å². The third kappa shape index (κ3) is 26.6. The van der Waals surface area contributed by atoms with Crippen LogP contribution in [-0.2, 0) is 4.79 Å². The van der Waals surface area contributed by atoms with E-state index < -0.39 is 5.41 Å². The molecule has 0 aliphatic heterocycles. The third-order valence-electron chi connectivity index (χ3n) is 2.96. The molecular formula is C19H47N2O2+. The first-order valence-electron chi connectivity index (χ1n) is 9.09. The molecule has 0 radical (unpaired) electrons. The molecule has 1 amide bonds. The molecule has 23 heavy (non-hydrogen) atoms. The minimum atomic E-state index is -0.441. The average molecular weight is 336 g/mol. The van der Waals surface area contributed by atoms with E-state index in [1.807, 2.05) is 41.5 Å². The van der Waals surface area contributed by atoms with Gasteiger partial charge in [0.1, 0.15) is 0 Å². The Morgan fingerprint density at radius 1 is 1.09 bits per heavy atom. The van der Waals surface area contributed by atoms with Gasteiger partial charge in [0.2, 0.25) is 5.91 Å². The SMILES string of the molecule is CC.CC.CC(C)CC[N+](C)(C)C.CNC(=O)C(C)(C)CCO. The Morgan fingerprint density at radius 3 is 1.65 bits per heavy atom. The number of nitrogens with one attached hydrogen (secondary N) is 1. The predicted molar refractivity (Wildman–Crippen MR) is 105 cm³/mol. The maximum atomic E-state index is 11.0. The van der Waals surface area contributed by atoms with Gasteiger partial charge in [-0.25, -0.2) is 0 Å². The number of rotatable bonds is 6. The molecule has 0 saturated carbocycles. The molecule has 4 heteroatoms. The first kappa shape index (κ1) is 30.3. The summed E-state index contributed by atoms with van der Waals surface area (Å²) in [6, 6.07) is 0. The highest BCUT2D eigenvalue weighted by atomic mass is 16.3. The van der Waals surface area contributed by atoms with E-state index in [-0.39, 0.29) is 12.5 Å². The number of nitrogens with zero attached hydrogens (tertiary/aromatic N) is 1. The van der Waals surface area contributed by atoms with Crippen molar-refractivity contribution in [2.75, 3.05) is 41.3 Å². The quantitative estimate of drug-likeness (QED) is 0.723. The molecule has 0 bridgehead atoms. The Labute approximate surface area is 147 Å². The number of quaternary nitrogens is 1. The number of carbonyl (C=O) groups is 1. The van der Waals surface area contributed by atoms with Gasteiger partial charge in [-0.1, -0.05) is 55.4 Å². The van der Waals surface area contributed by atoms with Gasteiger partial charge in [0.05, 0.1) is 27.7 Å². The van der Waals surface area contributed by atoms with Gasteiger partial charge < -0.3 is 14.9 Å². The normalized spacial score (nSPS) is 10.3. The molecular weight excluding hydrogens is 288 g/mol. The van der Waals surface area contributed by atoms with Gasteiger partial charge in [0.15, 0.2) is 0 Å². The van der Waals surface area contributed by atoms with Crippen LogP contribution in [0.1, 0.15) is 68.2 Å². The highest BCUT2D eigenvalue weighted by Crippen LogP contribution is 2.18. The monoisotopic (exact) mass is 335 g/mol. The van der Waals surface area contributed by atoms with Gasteiger partial charge in [-0.15, -0.1) is 0 Å². The molecule has 0 aromatic rings. The fraction of sp³-hybridized carbons (Fsp3) is 0.947. The Kier molecular flexibility index (Phi) is 23.4. The van der Waals surface area contributed by atoms with Crippen molar-refractivity contribution in [3.8, 4) is 0 Å². The summed E-state index contributed by atoms with van der Waals surface area (Å²) < 4.78 is 1.10. The second-order valence-electron chi connectivity index (χ2n) is 7.13. The molecule has 0 aromatic heterocycles. The van der Waals surface area contributed by atoms with Crippen LogP contribution in [0.4, 0.5) is 0 Å². The van der Waals surface area contributed by atoms with E-state index in [9.17, 15) is 4.79 Å². The Bertz CT molecular complexity index is 244. The molecule has 4 nitrogen and oxygen atoms in total. The molecule has 0 spiro atoms. The lowest BCUT2D eigenvalue weighted by molar-refractivity contribution is -0.870. The summed E-state index contributed by atoms with van der Waals surface area (Å²) in [6.45, 7) is 17.5. The van der Waals surface area contributed by atoms with Crippen molar-refractivity contribution < 1.29 is 14.4 Å². The molecule has 0 atom stereocenters. The number of hydrogen-bond acceptors (Lipinski definition) is 2. The van der Waals surface area contributed by atoms with E-state index in [1.165, 1.54) is 13.0 Å². The molecule has 0 aromatic carbocycles. The van der Waals surface area contributed by atoms with E-state index in [0.29, 0.717) is 6.42 Å². The number of carbonyl (C=O) groups excluding carboxylic acids is 1. The lowest BCUT2D eigenvalue weighted by Gasteiger charge is -2.24. The molecule has 0 fully saturated rings. The zero-order valence-corrected chi connectivity index (χ0v) is 18.2. The summed E-state index contributed by atoms with van der Waals surface area (Å²) in [5.74, 6) is 0.823. The number of amides is 1. The first-order chi connectivity index (χ1) is 10.5. The second kappa shape index (κ2) is 17.7. The maximum Gasteiger partial charge on any atom is 0.225 e. The zero-order valence-electron chi connectivity index (χ0n) is 18.2. The largest absolute Gasteiger partial charge is 0.396 e. The maximum absolute atomic E-state index is 11.0. The van der Waals surface area contributed by atoms with E-state index in [2.05, 4.69) is 40.3 Å². The molecule has 144 valence electrons. The van der Waals surface area contributed by atoms with E-state index in [0.717, 1.165) is 10.4 Å². The summed E-state index contributed by atoms with van der Waals surface area (Å²) in [5.41, 5.74) is -0.441. The lowest BCUT2D eigenvalue weighted by Crippen LogP contribution is -2.35. The smallest absolute Gasteiger partial charge is 0.225 e. The van der Waals surface area contributed by atoms with Gasteiger partial charge in [-0.05, 0) is 18.8 Å². The molecule has 0 rings (SSSR count). The van der Waals surface area contributed by atoms with Crippen LogP contribution < -0.4 is 5.32 Å². The van der Waals surface area contributed by atoms with Crippen molar-refractivity contribution in [3.63, 3.8) is 0 Å². The van der Waals surface area contributed by atoms with Crippen LogP contribution in [-0.4, -0.2) is 56.8 Å². The van der Waals surface area contributed by atoms with Crippen LogP contribution in [0, 0.1) is 11.3 Å². The average Bonchev–Trinajstić information content (AvgIpc) is 2.48. The summed E-state index contributed by atoms with van der Waals surface area (Å²) in [6.07, 6.45) is 1.84. The molecule has 0 heterocycles. The van der Waals surface area contributed by atoms with Crippen LogP contribution in [0.3, 0.4) is 0 Å². The van der Waals surface area contributed by atoms with Gasteiger partial charge in [-0.3, -0.25) is 4.79 Å². The molecule has 2 N–H and O–H groups in total. The Hall–Kier alpha value is -0.610. The van der Waals surface area contributed by atoms with Crippen LogP contribution in [0.2, 0.25) is 0 Å². The van der Waals surface area contributed by atoms with Crippen molar-refractivity contribution in [1.82, 2.24) is 5.32 Å². The molecule has 0 saturated heterocycles. The van der Waals surface area contributed by atoms with Crippen molar-refractivity contribution >= 4 is 5.91 Å². The summed E-state index contributed by atoms with van der Waals surface area (Å²) in [7, 11) is 8.31. The lowest BCUT2D eigenvalue weighted by atomic mass is 9.89. The van der Waals surface area contributed by atoms with Crippen LogP contribution >= 0.6 is 0 Å². The highest BCUT2D eigenvalue weighted by Gasteiger charge is 2.25. The van der Waals surface area contributed by atoms with E-state index in [1.54, 1.807) is 7.05 Å². The van der Waals surface area contributed by atoms with Gasteiger partial charge >= 0.3 is 0 Å². The molecule has 0 aliphatic carbocycles. The topological polar surface area (TPSA) is 49.3 Å². The number of aliphatic hydroxyl groups excluding tert-OH is 1. The third-order valence-corrected chi connectivity index (χ3v) is 2.96. The minimum absolute atomic E-state index is 0.0263. The molecule has 0 unspecified atom stereocenters. The number of hydrogen-bond donors (Lipinski definition) is 2. The van der Waals surface area contributed by atoms with Crippen molar-refractivity contribution in [3.05, 3.63) is 0 Å². The highest BCUT2D eigenvalue weighted by molar-refractivity contribution is 5.81. The Morgan fingerprint density at radius 2 is 1.48 bits per heavy atom. The fourth-order valence-corrected chi connectivity index (χ4v) is 1.38. The standard InChI is InChI=1S/C8H20N.C7H15NO2.2C2H6/c1-8(2)6-7-9(3,4)5;1-7(2,4-5-9)6(10)8-3;2*1-2/h8H,6-7H2,1-5H3;9H,4-5H2,1-3H3,(H,8,10);2*1-2H3/q+1;;;. The van der Waals surface area contributed by atoms with Gasteiger partial charge in [-0.2, -0.15) is 0 Å². The Balaban J connectivity index is -0.000000129. The van der Waals surface area contributed by atoms with Crippen molar-refractivity contribution in [2.24, 2.45) is 11.3 Å². The van der Waals surface area contributed by atoms with Gasteiger partial charge in [0, 0.05) is 19.1 Å². The summed E-state index contributed by atoms with van der Waals surface area (Å²) >= 11 is 0. The number of aliphatic hydroxyl groups is 1.